The Hall–Kier alpha value is -3.23. The lowest BCUT2D eigenvalue weighted by atomic mass is 10.1. The molecule has 0 fully saturated rings. The summed E-state index contributed by atoms with van der Waals surface area (Å²) >= 11 is 0. The van der Waals surface area contributed by atoms with Gasteiger partial charge in [0.05, 0.1) is 11.1 Å². The van der Waals surface area contributed by atoms with E-state index in [9.17, 15) is 24.0 Å². The summed E-state index contributed by atoms with van der Waals surface area (Å²) in [7, 11) is 0. The number of fused-ring (bicyclic) bond motifs is 1. The molecule has 5 amide bonds. The lowest BCUT2D eigenvalue weighted by Crippen LogP contribution is -2.43. The fraction of sp³-hybridized carbons (Fsp3) is 0.353. The SMILES string of the molecule is CC(C)CNC(=O)NC(=O)COC(=O)CN1C(=O)c2ccccc2C1=O. The smallest absolute Gasteiger partial charge is 0.326 e. The highest BCUT2D eigenvalue weighted by Crippen LogP contribution is 2.21. The van der Waals surface area contributed by atoms with Crippen molar-refractivity contribution in [1.82, 2.24) is 15.5 Å². The van der Waals surface area contributed by atoms with Crippen molar-refractivity contribution in [2.75, 3.05) is 19.7 Å². The molecule has 2 N–H and O–H groups in total. The van der Waals surface area contributed by atoms with Crippen molar-refractivity contribution in [2.45, 2.75) is 13.8 Å². The number of hydrogen-bond acceptors (Lipinski definition) is 6. The number of nitrogens with one attached hydrogen (secondary N) is 2. The first-order valence-electron chi connectivity index (χ1n) is 7.98. The zero-order valence-corrected chi connectivity index (χ0v) is 14.4. The first-order valence-corrected chi connectivity index (χ1v) is 7.98. The standard InChI is InChI=1S/C17H19N3O6/c1-10(2)7-18-17(25)19-13(21)9-26-14(22)8-20-15(23)11-5-3-4-6-12(11)16(20)24/h3-6,10H,7-9H2,1-2H3,(H2,18,19,21,25). The third-order valence-electron chi connectivity index (χ3n) is 3.45. The molecule has 1 heterocycles. The van der Waals surface area contributed by atoms with Crippen molar-refractivity contribution in [3.8, 4) is 0 Å². The van der Waals surface area contributed by atoms with Crippen LogP contribution in [0.1, 0.15) is 34.6 Å². The molecule has 26 heavy (non-hydrogen) atoms. The van der Waals surface area contributed by atoms with Crippen molar-refractivity contribution < 1.29 is 28.7 Å². The number of esters is 1. The van der Waals surface area contributed by atoms with Gasteiger partial charge in [0, 0.05) is 6.54 Å². The average molecular weight is 361 g/mol. The molecule has 1 aromatic carbocycles. The average Bonchev–Trinajstić information content (AvgIpc) is 2.83. The molecule has 0 saturated heterocycles. The van der Waals surface area contributed by atoms with Crippen LogP contribution in [-0.4, -0.2) is 54.3 Å². The molecule has 0 bridgehead atoms. The third kappa shape index (κ3) is 4.65. The molecule has 1 aliphatic rings. The lowest BCUT2D eigenvalue weighted by molar-refractivity contribution is -0.148. The second-order valence-corrected chi connectivity index (χ2v) is 6.05. The minimum Gasteiger partial charge on any atom is -0.454 e. The zero-order valence-electron chi connectivity index (χ0n) is 14.4. The van der Waals surface area contributed by atoms with Gasteiger partial charge in [-0.05, 0) is 18.1 Å². The number of carbonyl (C=O) groups is 5. The number of carbonyl (C=O) groups excluding carboxylic acids is 5. The Morgan fingerprint density at radius 1 is 1.08 bits per heavy atom. The van der Waals surface area contributed by atoms with Crippen LogP contribution in [0.15, 0.2) is 24.3 Å². The predicted octanol–water partition coefficient (Wildman–Crippen LogP) is 0.308. The number of imide groups is 2. The quantitative estimate of drug-likeness (QED) is 0.555. The van der Waals surface area contributed by atoms with Gasteiger partial charge in [-0.15, -0.1) is 0 Å². The summed E-state index contributed by atoms with van der Waals surface area (Å²) in [6, 6.07) is 5.51. The molecule has 2 rings (SSSR count). The van der Waals surface area contributed by atoms with Gasteiger partial charge in [-0.1, -0.05) is 26.0 Å². The van der Waals surface area contributed by atoms with Crippen LogP contribution in [-0.2, 0) is 14.3 Å². The Morgan fingerprint density at radius 2 is 1.65 bits per heavy atom. The molecule has 1 aromatic rings. The largest absolute Gasteiger partial charge is 0.454 e. The van der Waals surface area contributed by atoms with E-state index in [1.165, 1.54) is 12.1 Å². The number of amides is 5. The third-order valence-corrected chi connectivity index (χ3v) is 3.45. The van der Waals surface area contributed by atoms with Crippen LogP contribution >= 0.6 is 0 Å². The maximum atomic E-state index is 12.1. The highest BCUT2D eigenvalue weighted by atomic mass is 16.5. The van der Waals surface area contributed by atoms with Gasteiger partial charge in [-0.25, -0.2) is 4.79 Å². The van der Waals surface area contributed by atoms with E-state index in [1.807, 2.05) is 19.2 Å². The van der Waals surface area contributed by atoms with E-state index in [2.05, 4.69) is 5.32 Å². The Bertz CT molecular complexity index is 724. The fourth-order valence-electron chi connectivity index (χ4n) is 2.21. The van der Waals surface area contributed by atoms with E-state index in [0.29, 0.717) is 6.54 Å². The molecule has 9 heteroatoms. The summed E-state index contributed by atoms with van der Waals surface area (Å²) < 4.78 is 4.71. The van der Waals surface area contributed by atoms with Crippen LogP contribution in [0.2, 0.25) is 0 Å². The Balaban J connectivity index is 1.79. The topological polar surface area (TPSA) is 122 Å². The van der Waals surface area contributed by atoms with E-state index in [-0.39, 0.29) is 17.0 Å². The lowest BCUT2D eigenvalue weighted by Gasteiger charge is -2.13. The van der Waals surface area contributed by atoms with E-state index >= 15 is 0 Å². The monoisotopic (exact) mass is 361 g/mol. The van der Waals surface area contributed by atoms with Gasteiger partial charge < -0.3 is 10.1 Å². The van der Waals surface area contributed by atoms with Gasteiger partial charge in [0.2, 0.25) is 0 Å². The van der Waals surface area contributed by atoms with E-state index in [1.54, 1.807) is 12.1 Å². The predicted molar refractivity (Wildman–Crippen MR) is 89.1 cm³/mol. The molecule has 0 atom stereocenters. The van der Waals surface area contributed by atoms with Crippen molar-refractivity contribution in [3.05, 3.63) is 35.4 Å². The molecule has 138 valence electrons. The van der Waals surface area contributed by atoms with Gasteiger partial charge >= 0.3 is 12.0 Å². The molecule has 0 saturated carbocycles. The van der Waals surface area contributed by atoms with Crippen molar-refractivity contribution >= 4 is 29.7 Å². The molecule has 9 nitrogen and oxygen atoms in total. The summed E-state index contributed by atoms with van der Waals surface area (Å²) in [6.07, 6.45) is 0. The molecule has 0 aromatic heterocycles. The second-order valence-electron chi connectivity index (χ2n) is 6.05. The molecular weight excluding hydrogens is 342 g/mol. The summed E-state index contributed by atoms with van der Waals surface area (Å²) in [5.74, 6) is -2.73. The minimum absolute atomic E-state index is 0.213. The van der Waals surface area contributed by atoms with Crippen molar-refractivity contribution in [3.63, 3.8) is 0 Å². The first-order chi connectivity index (χ1) is 12.3. The van der Waals surface area contributed by atoms with Gasteiger partial charge in [0.1, 0.15) is 6.54 Å². The minimum atomic E-state index is -0.933. The van der Waals surface area contributed by atoms with Gasteiger partial charge in [-0.3, -0.25) is 29.4 Å². The number of benzene rings is 1. The van der Waals surface area contributed by atoms with E-state index in [4.69, 9.17) is 4.74 Å². The van der Waals surface area contributed by atoms with E-state index in [0.717, 1.165) is 4.90 Å². The number of nitrogens with zero attached hydrogens (tertiary/aromatic N) is 1. The second kappa shape index (κ2) is 8.24. The number of hydrogen-bond donors (Lipinski definition) is 2. The summed E-state index contributed by atoms with van der Waals surface area (Å²) in [5.41, 5.74) is 0.426. The summed E-state index contributed by atoms with van der Waals surface area (Å²) in [6.45, 7) is 2.86. The van der Waals surface area contributed by atoms with E-state index < -0.39 is 42.9 Å². The number of urea groups is 1. The maximum absolute atomic E-state index is 12.1. The molecule has 0 aliphatic carbocycles. The number of rotatable bonds is 6. The fourth-order valence-corrected chi connectivity index (χ4v) is 2.21. The van der Waals surface area contributed by atoms with Crippen LogP contribution in [0.25, 0.3) is 0 Å². The van der Waals surface area contributed by atoms with Gasteiger partial charge in [0.25, 0.3) is 17.7 Å². The normalized spacial score (nSPS) is 12.8. The van der Waals surface area contributed by atoms with Gasteiger partial charge in [-0.2, -0.15) is 0 Å². The zero-order chi connectivity index (χ0) is 19.3. The van der Waals surface area contributed by atoms with Gasteiger partial charge in [0.15, 0.2) is 6.61 Å². The highest BCUT2D eigenvalue weighted by molar-refractivity contribution is 6.22. The van der Waals surface area contributed by atoms with Crippen molar-refractivity contribution in [2.24, 2.45) is 5.92 Å². The molecule has 1 aliphatic heterocycles. The summed E-state index contributed by atoms with van der Waals surface area (Å²) in [4.78, 5) is 59.7. The Morgan fingerprint density at radius 3 is 2.19 bits per heavy atom. The van der Waals surface area contributed by atoms with Crippen molar-refractivity contribution in [1.29, 1.82) is 0 Å². The molecule has 0 spiro atoms. The van der Waals surface area contributed by atoms with Crippen LogP contribution in [0.3, 0.4) is 0 Å². The maximum Gasteiger partial charge on any atom is 0.326 e. The molecule has 0 unspecified atom stereocenters. The Kier molecular flexibility index (Phi) is 6.05. The molecule has 0 radical (unpaired) electrons. The van der Waals surface area contributed by atoms with Crippen LogP contribution in [0.4, 0.5) is 4.79 Å². The number of ether oxygens (including phenoxy) is 1. The first kappa shape index (κ1) is 19.1. The Labute approximate surface area is 149 Å². The van der Waals surface area contributed by atoms with Crippen LogP contribution in [0, 0.1) is 5.92 Å². The van der Waals surface area contributed by atoms with Crippen LogP contribution in [0.5, 0.6) is 0 Å². The van der Waals surface area contributed by atoms with Crippen LogP contribution < -0.4 is 10.6 Å². The highest BCUT2D eigenvalue weighted by Gasteiger charge is 2.36. The molecular formula is C17H19N3O6. The summed E-state index contributed by atoms with van der Waals surface area (Å²) in [5, 5.41) is 4.47.